The maximum atomic E-state index is 13.1. The van der Waals surface area contributed by atoms with Crippen molar-refractivity contribution in [3.8, 4) is 5.75 Å². The molecule has 7 nitrogen and oxygen atoms in total. The number of hydrogen-bond acceptors (Lipinski definition) is 5. The Labute approximate surface area is 198 Å². The summed E-state index contributed by atoms with van der Waals surface area (Å²) in [5, 5.41) is 5.08. The molecule has 4 rings (SSSR count). The van der Waals surface area contributed by atoms with Crippen LogP contribution in [0.2, 0.25) is 5.02 Å². The van der Waals surface area contributed by atoms with E-state index in [9.17, 15) is 13.2 Å². The number of nitrogens with zero attached hydrogens (tertiary/aromatic N) is 2. The Kier molecular flexibility index (Phi) is 7.19. The van der Waals surface area contributed by atoms with E-state index in [2.05, 4.69) is 10.2 Å². The zero-order valence-corrected chi connectivity index (χ0v) is 19.9. The number of nitrogens with one attached hydrogen (secondary N) is 1. The van der Waals surface area contributed by atoms with Crippen LogP contribution in [-0.4, -0.2) is 69.9 Å². The van der Waals surface area contributed by atoms with Crippen molar-refractivity contribution in [2.75, 3.05) is 46.4 Å². The maximum Gasteiger partial charge on any atom is 0.251 e. The van der Waals surface area contributed by atoms with Crippen molar-refractivity contribution in [2.24, 2.45) is 0 Å². The van der Waals surface area contributed by atoms with Gasteiger partial charge in [0.15, 0.2) is 0 Å². The molecule has 0 bridgehead atoms. The first-order chi connectivity index (χ1) is 15.8. The lowest BCUT2D eigenvalue weighted by atomic mass is 10.1. The lowest BCUT2D eigenvalue weighted by Gasteiger charge is -2.31. The van der Waals surface area contributed by atoms with Gasteiger partial charge in [0.1, 0.15) is 17.3 Å². The van der Waals surface area contributed by atoms with Gasteiger partial charge in [-0.3, -0.25) is 4.79 Å². The SMILES string of the molecule is CN1CCN(S(=O)(=O)c2cc(C(=O)NCCOc3ccc4ccccc4c3)ccc2Cl)CC1. The van der Waals surface area contributed by atoms with E-state index in [1.807, 2.05) is 49.5 Å². The molecule has 0 unspecified atom stereocenters. The molecule has 0 aromatic heterocycles. The zero-order chi connectivity index (χ0) is 23.4. The summed E-state index contributed by atoms with van der Waals surface area (Å²) in [6.07, 6.45) is 0. The van der Waals surface area contributed by atoms with Gasteiger partial charge in [-0.2, -0.15) is 4.31 Å². The largest absolute Gasteiger partial charge is 0.492 e. The van der Waals surface area contributed by atoms with E-state index >= 15 is 0 Å². The number of likely N-dealkylation sites (N-methyl/N-ethyl adjacent to an activating group) is 1. The molecule has 1 heterocycles. The van der Waals surface area contributed by atoms with Crippen molar-refractivity contribution in [3.63, 3.8) is 0 Å². The van der Waals surface area contributed by atoms with Gasteiger partial charge in [-0.15, -0.1) is 0 Å². The fraction of sp³-hybridized carbons (Fsp3) is 0.292. The number of ether oxygens (including phenoxy) is 1. The van der Waals surface area contributed by atoms with Gasteiger partial charge in [0, 0.05) is 31.7 Å². The van der Waals surface area contributed by atoms with E-state index < -0.39 is 10.0 Å². The molecule has 0 radical (unpaired) electrons. The molecule has 3 aromatic rings. The Hall–Kier alpha value is -2.65. The third kappa shape index (κ3) is 5.47. The van der Waals surface area contributed by atoms with Gasteiger partial charge in [-0.05, 0) is 48.2 Å². The van der Waals surface area contributed by atoms with Crippen LogP contribution in [0.5, 0.6) is 5.75 Å². The van der Waals surface area contributed by atoms with Gasteiger partial charge in [0.2, 0.25) is 10.0 Å². The number of carbonyl (C=O) groups is 1. The van der Waals surface area contributed by atoms with Gasteiger partial charge in [0.05, 0.1) is 11.6 Å². The summed E-state index contributed by atoms with van der Waals surface area (Å²) < 4.78 is 33.3. The van der Waals surface area contributed by atoms with E-state index in [0.717, 1.165) is 16.5 Å². The van der Waals surface area contributed by atoms with Gasteiger partial charge in [0.25, 0.3) is 5.91 Å². The Balaban J connectivity index is 1.37. The molecular weight excluding hydrogens is 462 g/mol. The predicted molar refractivity (Wildman–Crippen MR) is 129 cm³/mol. The summed E-state index contributed by atoms with van der Waals surface area (Å²) in [4.78, 5) is 14.6. The van der Waals surface area contributed by atoms with E-state index in [-0.39, 0.29) is 34.5 Å². The number of rotatable bonds is 7. The van der Waals surface area contributed by atoms with Crippen LogP contribution in [0, 0.1) is 0 Å². The van der Waals surface area contributed by atoms with Crippen LogP contribution in [0.15, 0.2) is 65.6 Å². The molecule has 0 aliphatic carbocycles. The molecule has 1 saturated heterocycles. The van der Waals surface area contributed by atoms with Crippen molar-refractivity contribution in [3.05, 3.63) is 71.2 Å². The molecule has 33 heavy (non-hydrogen) atoms. The molecule has 1 fully saturated rings. The summed E-state index contributed by atoms with van der Waals surface area (Å²) in [5.74, 6) is 0.332. The zero-order valence-electron chi connectivity index (χ0n) is 18.3. The smallest absolute Gasteiger partial charge is 0.251 e. The minimum absolute atomic E-state index is 0.0474. The lowest BCUT2D eigenvalue weighted by Crippen LogP contribution is -2.47. The van der Waals surface area contributed by atoms with E-state index in [4.69, 9.17) is 16.3 Å². The minimum atomic E-state index is -3.78. The van der Waals surface area contributed by atoms with Crippen molar-refractivity contribution < 1.29 is 17.9 Å². The first-order valence-corrected chi connectivity index (χ1v) is 12.5. The molecule has 1 amide bonds. The normalized spacial score (nSPS) is 15.5. The third-order valence-electron chi connectivity index (χ3n) is 5.65. The van der Waals surface area contributed by atoms with Crippen molar-refractivity contribution >= 4 is 38.3 Å². The van der Waals surface area contributed by atoms with Crippen LogP contribution in [-0.2, 0) is 10.0 Å². The minimum Gasteiger partial charge on any atom is -0.492 e. The molecule has 1 N–H and O–H groups in total. The van der Waals surface area contributed by atoms with E-state index in [1.165, 1.54) is 22.5 Å². The third-order valence-corrected chi connectivity index (χ3v) is 8.03. The van der Waals surface area contributed by atoms with Crippen LogP contribution < -0.4 is 10.1 Å². The summed E-state index contributed by atoms with van der Waals surface area (Å²) in [6.45, 7) is 2.62. The van der Waals surface area contributed by atoms with E-state index in [1.54, 1.807) is 0 Å². The van der Waals surface area contributed by atoms with Crippen LogP contribution in [0.4, 0.5) is 0 Å². The lowest BCUT2D eigenvalue weighted by molar-refractivity contribution is 0.0947. The van der Waals surface area contributed by atoms with Crippen LogP contribution in [0.1, 0.15) is 10.4 Å². The maximum absolute atomic E-state index is 13.1. The fourth-order valence-electron chi connectivity index (χ4n) is 3.70. The van der Waals surface area contributed by atoms with Crippen molar-refractivity contribution in [1.29, 1.82) is 0 Å². The van der Waals surface area contributed by atoms with Crippen LogP contribution in [0.25, 0.3) is 10.8 Å². The van der Waals surface area contributed by atoms with Gasteiger partial charge < -0.3 is 15.0 Å². The number of carbonyl (C=O) groups excluding carboxylic acids is 1. The molecule has 1 aliphatic heterocycles. The summed E-state index contributed by atoms with van der Waals surface area (Å²) >= 11 is 6.20. The van der Waals surface area contributed by atoms with Gasteiger partial charge in [-0.1, -0.05) is 41.9 Å². The van der Waals surface area contributed by atoms with Crippen molar-refractivity contribution in [2.45, 2.75) is 4.90 Å². The number of fused-ring (bicyclic) bond motifs is 1. The summed E-state index contributed by atoms with van der Waals surface area (Å²) in [5.41, 5.74) is 0.234. The highest BCUT2D eigenvalue weighted by molar-refractivity contribution is 7.89. The highest BCUT2D eigenvalue weighted by atomic mass is 35.5. The molecule has 1 aliphatic rings. The Morgan fingerprint density at radius 2 is 1.73 bits per heavy atom. The second kappa shape index (κ2) is 10.1. The van der Waals surface area contributed by atoms with Gasteiger partial charge in [-0.25, -0.2) is 8.42 Å². The average Bonchev–Trinajstić information content (AvgIpc) is 2.82. The highest BCUT2D eigenvalue weighted by Gasteiger charge is 2.30. The standard InChI is InChI=1S/C24H26ClN3O4S/c1-27-11-13-28(14-12-27)33(30,31)23-17-20(7-9-22(23)25)24(29)26-10-15-32-21-8-6-18-4-2-3-5-19(18)16-21/h2-9,16-17H,10-15H2,1H3,(H,26,29). The molecule has 0 saturated carbocycles. The second-order valence-electron chi connectivity index (χ2n) is 7.97. The number of amides is 1. The second-order valence-corrected chi connectivity index (χ2v) is 10.3. The first-order valence-electron chi connectivity index (χ1n) is 10.7. The Morgan fingerprint density at radius 3 is 2.48 bits per heavy atom. The number of hydrogen-bond donors (Lipinski definition) is 1. The van der Waals surface area contributed by atoms with Crippen LogP contribution in [0.3, 0.4) is 0 Å². The Bertz CT molecular complexity index is 1260. The first kappa shape index (κ1) is 23.5. The number of halogens is 1. The molecule has 174 valence electrons. The molecule has 3 aromatic carbocycles. The topological polar surface area (TPSA) is 79.0 Å². The highest BCUT2D eigenvalue weighted by Crippen LogP contribution is 2.27. The van der Waals surface area contributed by atoms with Crippen molar-refractivity contribution in [1.82, 2.24) is 14.5 Å². The predicted octanol–water partition coefficient (Wildman–Crippen LogP) is 3.24. The molecule has 0 spiro atoms. The summed E-state index contributed by atoms with van der Waals surface area (Å²) in [6, 6.07) is 18.1. The molecular formula is C24H26ClN3O4S. The average molecular weight is 488 g/mol. The fourth-order valence-corrected chi connectivity index (χ4v) is 5.63. The number of benzene rings is 3. The summed E-state index contributed by atoms with van der Waals surface area (Å²) in [7, 11) is -1.83. The number of sulfonamides is 1. The number of piperazine rings is 1. The van der Waals surface area contributed by atoms with E-state index in [0.29, 0.717) is 26.2 Å². The quantitative estimate of drug-likeness (QED) is 0.518. The van der Waals surface area contributed by atoms with Gasteiger partial charge >= 0.3 is 0 Å². The van der Waals surface area contributed by atoms with Crippen LogP contribution >= 0.6 is 11.6 Å². The Morgan fingerprint density at radius 1 is 1.00 bits per heavy atom. The monoisotopic (exact) mass is 487 g/mol. The molecule has 0 atom stereocenters. The molecule has 9 heteroatoms.